The summed E-state index contributed by atoms with van der Waals surface area (Å²) in [6, 6.07) is 7.27. The van der Waals surface area contributed by atoms with E-state index in [1.54, 1.807) is 0 Å². The third kappa shape index (κ3) is 3.07. The number of piperidine rings is 1. The van der Waals surface area contributed by atoms with Crippen LogP contribution >= 0.6 is 15.9 Å². The molecular formula is C15H23BrN2. The van der Waals surface area contributed by atoms with Crippen molar-refractivity contribution >= 4 is 21.6 Å². The molecule has 2 unspecified atom stereocenters. The van der Waals surface area contributed by atoms with Gasteiger partial charge in [0.05, 0.1) is 0 Å². The van der Waals surface area contributed by atoms with E-state index in [0.29, 0.717) is 6.04 Å². The van der Waals surface area contributed by atoms with Crippen LogP contribution in [0.5, 0.6) is 0 Å². The Bertz CT molecular complexity index is 405. The Labute approximate surface area is 119 Å². The van der Waals surface area contributed by atoms with Gasteiger partial charge < -0.3 is 10.2 Å². The monoisotopic (exact) mass is 310 g/mol. The van der Waals surface area contributed by atoms with Crippen LogP contribution in [-0.4, -0.2) is 19.6 Å². The van der Waals surface area contributed by atoms with Gasteiger partial charge in [-0.3, -0.25) is 0 Å². The summed E-state index contributed by atoms with van der Waals surface area (Å²) >= 11 is 3.60. The third-order valence-electron chi connectivity index (χ3n) is 3.84. The van der Waals surface area contributed by atoms with E-state index >= 15 is 0 Å². The first kappa shape index (κ1) is 13.9. The van der Waals surface area contributed by atoms with Crippen molar-refractivity contribution < 1.29 is 0 Å². The van der Waals surface area contributed by atoms with Crippen molar-refractivity contribution in [3.8, 4) is 0 Å². The Morgan fingerprint density at radius 2 is 2.11 bits per heavy atom. The molecule has 0 aliphatic carbocycles. The van der Waals surface area contributed by atoms with Crippen molar-refractivity contribution in [1.82, 2.24) is 5.32 Å². The van der Waals surface area contributed by atoms with E-state index in [1.807, 2.05) is 7.05 Å². The van der Waals surface area contributed by atoms with Crippen LogP contribution in [0.4, 0.5) is 5.69 Å². The lowest BCUT2D eigenvalue weighted by Gasteiger charge is -2.39. The molecule has 2 rings (SSSR count). The number of nitrogens with one attached hydrogen (secondary N) is 1. The lowest BCUT2D eigenvalue weighted by atomic mass is 9.94. The van der Waals surface area contributed by atoms with Crippen LogP contribution in [0.1, 0.15) is 32.3 Å². The van der Waals surface area contributed by atoms with Gasteiger partial charge in [-0.1, -0.05) is 28.9 Å². The van der Waals surface area contributed by atoms with Gasteiger partial charge in [-0.15, -0.1) is 0 Å². The molecule has 18 heavy (non-hydrogen) atoms. The normalized spacial score (nSPS) is 24.3. The second kappa shape index (κ2) is 6.07. The zero-order valence-corrected chi connectivity index (χ0v) is 13.1. The Kier molecular flexibility index (Phi) is 4.68. The zero-order valence-electron chi connectivity index (χ0n) is 11.5. The molecule has 1 fully saturated rings. The van der Waals surface area contributed by atoms with Crippen molar-refractivity contribution in [2.24, 2.45) is 5.92 Å². The molecule has 0 aromatic heterocycles. The fourth-order valence-corrected chi connectivity index (χ4v) is 3.12. The second-order valence-electron chi connectivity index (χ2n) is 5.49. The average molecular weight is 311 g/mol. The number of halogens is 1. The lowest BCUT2D eigenvalue weighted by Crippen LogP contribution is -2.41. The van der Waals surface area contributed by atoms with Crippen molar-refractivity contribution in [3.63, 3.8) is 0 Å². The summed E-state index contributed by atoms with van der Waals surface area (Å²) < 4.78 is 1.17. The molecule has 1 aromatic carbocycles. The molecule has 2 nitrogen and oxygen atoms in total. The molecule has 0 saturated carbocycles. The summed E-state index contributed by atoms with van der Waals surface area (Å²) in [5.74, 6) is 0.794. The fourth-order valence-electron chi connectivity index (χ4n) is 2.77. The van der Waals surface area contributed by atoms with Crippen molar-refractivity contribution in [2.75, 3.05) is 18.5 Å². The van der Waals surface area contributed by atoms with Crippen LogP contribution < -0.4 is 10.2 Å². The summed E-state index contributed by atoms with van der Waals surface area (Å²) in [5, 5.41) is 3.27. The highest BCUT2D eigenvalue weighted by molar-refractivity contribution is 9.10. The molecule has 0 amide bonds. The molecule has 100 valence electrons. The molecule has 1 aliphatic rings. The van der Waals surface area contributed by atoms with Gasteiger partial charge in [-0.2, -0.15) is 0 Å². The van der Waals surface area contributed by atoms with Gasteiger partial charge in [-0.25, -0.2) is 0 Å². The highest BCUT2D eigenvalue weighted by Gasteiger charge is 2.24. The first-order valence-electron chi connectivity index (χ1n) is 6.81. The van der Waals surface area contributed by atoms with Crippen LogP contribution in [0.2, 0.25) is 0 Å². The largest absolute Gasteiger partial charge is 0.368 e. The quantitative estimate of drug-likeness (QED) is 0.913. The number of rotatable bonds is 3. The minimum absolute atomic E-state index is 0.645. The van der Waals surface area contributed by atoms with Gasteiger partial charge >= 0.3 is 0 Å². The van der Waals surface area contributed by atoms with Crippen LogP contribution in [0, 0.1) is 5.92 Å². The third-order valence-corrected chi connectivity index (χ3v) is 4.33. The maximum absolute atomic E-state index is 3.60. The molecule has 0 spiro atoms. The molecule has 1 aliphatic heterocycles. The molecule has 3 heteroatoms. The number of hydrogen-bond donors (Lipinski definition) is 1. The Hall–Kier alpha value is -0.540. The minimum Gasteiger partial charge on any atom is -0.368 e. The summed E-state index contributed by atoms with van der Waals surface area (Å²) in [5.41, 5.74) is 2.78. The summed E-state index contributed by atoms with van der Waals surface area (Å²) in [6.45, 7) is 6.80. The van der Waals surface area contributed by atoms with E-state index in [2.05, 4.69) is 58.2 Å². The number of anilines is 1. The first-order chi connectivity index (χ1) is 8.61. The zero-order chi connectivity index (χ0) is 13.1. The predicted octanol–water partition coefficient (Wildman–Crippen LogP) is 3.79. The predicted molar refractivity (Wildman–Crippen MR) is 82.1 cm³/mol. The van der Waals surface area contributed by atoms with Crippen molar-refractivity contribution in [2.45, 2.75) is 39.3 Å². The minimum atomic E-state index is 0.645. The van der Waals surface area contributed by atoms with Crippen LogP contribution in [0.25, 0.3) is 0 Å². The molecular weight excluding hydrogens is 288 g/mol. The summed E-state index contributed by atoms with van der Waals surface area (Å²) in [6.07, 6.45) is 2.65. The van der Waals surface area contributed by atoms with Gasteiger partial charge in [0.25, 0.3) is 0 Å². The van der Waals surface area contributed by atoms with Crippen molar-refractivity contribution in [3.05, 3.63) is 28.2 Å². The summed E-state index contributed by atoms with van der Waals surface area (Å²) in [7, 11) is 2.01. The lowest BCUT2D eigenvalue weighted by molar-refractivity contribution is 0.389. The standard InChI is InChI=1S/C15H23BrN2/c1-11-4-5-12(2)18(10-11)15-8-14(16)7-6-13(15)9-17-3/h6-8,11-12,17H,4-5,9-10H2,1-3H3. The average Bonchev–Trinajstić information content (AvgIpc) is 2.35. The topological polar surface area (TPSA) is 15.3 Å². The van der Waals surface area contributed by atoms with E-state index in [9.17, 15) is 0 Å². The first-order valence-corrected chi connectivity index (χ1v) is 7.60. The molecule has 0 radical (unpaired) electrons. The van der Waals surface area contributed by atoms with Crippen molar-refractivity contribution in [1.29, 1.82) is 0 Å². The SMILES string of the molecule is CNCc1ccc(Br)cc1N1CC(C)CCC1C. The van der Waals surface area contributed by atoms with E-state index < -0.39 is 0 Å². The Morgan fingerprint density at radius 1 is 1.33 bits per heavy atom. The van der Waals surface area contributed by atoms with Gasteiger partial charge in [-0.05, 0) is 50.4 Å². The maximum atomic E-state index is 3.60. The number of hydrogen-bond acceptors (Lipinski definition) is 2. The van der Waals surface area contributed by atoms with Gasteiger partial charge in [0.2, 0.25) is 0 Å². The van der Waals surface area contributed by atoms with Gasteiger partial charge in [0.15, 0.2) is 0 Å². The van der Waals surface area contributed by atoms with E-state index in [-0.39, 0.29) is 0 Å². The summed E-state index contributed by atoms with van der Waals surface area (Å²) in [4.78, 5) is 2.58. The maximum Gasteiger partial charge on any atom is 0.0425 e. The molecule has 1 heterocycles. The number of nitrogens with zero attached hydrogens (tertiary/aromatic N) is 1. The van der Waals surface area contributed by atoms with Gasteiger partial charge in [0.1, 0.15) is 0 Å². The Balaban J connectivity index is 2.32. The molecule has 1 saturated heterocycles. The molecule has 0 bridgehead atoms. The second-order valence-corrected chi connectivity index (χ2v) is 6.40. The fraction of sp³-hybridized carbons (Fsp3) is 0.600. The van der Waals surface area contributed by atoms with Crippen LogP contribution in [0.3, 0.4) is 0 Å². The van der Waals surface area contributed by atoms with E-state index in [4.69, 9.17) is 0 Å². The number of benzene rings is 1. The van der Waals surface area contributed by atoms with Crippen LogP contribution in [0.15, 0.2) is 22.7 Å². The van der Waals surface area contributed by atoms with E-state index in [1.165, 1.54) is 35.1 Å². The highest BCUT2D eigenvalue weighted by Crippen LogP contribution is 2.32. The Morgan fingerprint density at radius 3 is 2.83 bits per heavy atom. The smallest absolute Gasteiger partial charge is 0.0425 e. The van der Waals surface area contributed by atoms with E-state index in [0.717, 1.165) is 12.5 Å². The molecule has 1 aromatic rings. The highest BCUT2D eigenvalue weighted by atomic mass is 79.9. The molecule has 1 N–H and O–H groups in total. The van der Waals surface area contributed by atoms with Gasteiger partial charge in [0, 0.05) is 29.3 Å². The molecule has 2 atom stereocenters. The van der Waals surface area contributed by atoms with Crippen LogP contribution in [-0.2, 0) is 6.54 Å².